The molecule has 0 amide bonds. The van der Waals surface area contributed by atoms with Gasteiger partial charge in [0.2, 0.25) is 20.0 Å². The quantitative estimate of drug-likeness (QED) is 0.352. The predicted octanol–water partition coefficient (Wildman–Crippen LogP) is 2.90. The first kappa shape index (κ1) is 25.1. The Morgan fingerprint density at radius 3 is 2.40 bits per heavy atom. The van der Waals surface area contributed by atoms with Gasteiger partial charge < -0.3 is 4.57 Å². The van der Waals surface area contributed by atoms with Gasteiger partial charge in [-0.1, -0.05) is 39.0 Å². The second-order valence-electron chi connectivity index (χ2n) is 7.01. The SMILES string of the molecule is CCCCn1c(SCCCNS(C)(=O)=O)nc2cc(S(=O)(=O)N(CC)CC)ccc21. The number of nitrogens with one attached hydrogen (secondary N) is 1. The molecule has 0 unspecified atom stereocenters. The van der Waals surface area contributed by atoms with Crippen LogP contribution in [0.4, 0.5) is 0 Å². The highest BCUT2D eigenvalue weighted by Crippen LogP contribution is 2.28. The number of aryl methyl sites for hydroxylation is 1. The van der Waals surface area contributed by atoms with Crippen LogP contribution in [0, 0.1) is 0 Å². The van der Waals surface area contributed by atoms with Crippen LogP contribution in [0.25, 0.3) is 11.0 Å². The van der Waals surface area contributed by atoms with Crippen molar-refractivity contribution < 1.29 is 16.8 Å². The molecule has 0 aliphatic heterocycles. The molecular formula is C19H32N4O4S3. The molecule has 1 N–H and O–H groups in total. The molecule has 2 rings (SSSR count). The van der Waals surface area contributed by atoms with E-state index in [4.69, 9.17) is 4.98 Å². The van der Waals surface area contributed by atoms with Gasteiger partial charge >= 0.3 is 0 Å². The average Bonchev–Trinajstić information content (AvgIpc) is 3.02. The summed E-state index contributed by atoms with van der Waals surface area (Å²) < 4.78 is 54.1. The molecule has 11 heteroatoms. The maximum Gasteiger partial charge on any atom is 0.243 e. The molecule has 0 fully saturated rings. The highest BCUT2D eigenvalue weighted by molar-refractivity contribution is 7.99. The number of benzene rings is 1. The largest absolute Gasteiger partial charge is 0.319 e. The second kappa shape index (κ2) is 10.9. The van der Waals surface area contributed by atoms with E-state index in [0.717, 1.165) is 36.3 Å². The number of fused-ring (bicyclic) bond motifs is 1. The van der Waals surface area contributed by atoms with E-state index in [0.29, 0.717) is 37.3 Å². The van der Waals surface area contributed by atoms with E-state index in [1.807, 2.05) is 19.9 Å². The summed E-state index contributed by atoms with van der Waals surface area (Å²) in [5.41, 5.74) is 1.58. The lowest BCUT2D eigenvalue weighted by atomic mass is 10.3. The van der Waals surface area contributed by atoms with Crippen molar-refractivity contribution in [2.45, 2.75) is 56.6 Å². The van der Waals surface area contributed by atoms with Crippen LogP contribution in [0.1, 0.15) is 40.0 Å². The number of unbranched alkanes of at least 4 members (excludes halogenated alkanes) is 1. The van der Waals surface area contributed by atoms with Crippen molar-refractivity contribution in [3.63, 3.8) is 0 Å². The lowest BCUT2D eigenvalue weighted by Gasteiger charge is -2.18. The fraction of sp³-hybridized carbons (Fsp3) is 0.632. The first-order chi connectivity index (χ1) is 14.1. The first-order valence-corrected chi connectivity index (χ1v) is 14.5. The molecule has 0 radical (unpaired) electrons. The van der Waals surface area contributed by atoms with Gasteiger partial charge in [0, 0.05) is 31.9 Å². The predicted molar refractivity (Wildman–Crippen MR) is 123 cm³/mol. The summed E-state index contributed by atoms with van der Waals surface area (Å²) in [5.74, 6) is 0.711. The highest BCUT2D eigenvalue weighted by Gasteiger charge is 2.23. The summed E-state index contributed by atoms with van der Waals surface area (Å²) in [6.45, 7) is 7.80. The van der Waals surface area contributed by atoms with Crippen molar-refractivity contribution in [3.8, 4) is 0 Å². The van der Waals surface area contributed by atoms with Crippen molar-refractivity contribution in [1.82, 2.24) is 18.6 Å². The lowest BCUT2D eigenvalue weighted by molar-refractivity contribution is 0.445. The summed E-state index contributed by atoms with van der Waals surface area (Å²) in [6.07, 6.45) is 3.86. The molecule has 0 spiro atoms. The Labute approximate surface area is 184 Å². The van der Waals surface area contributed by atoms with Crippen LogP contribution < -0.4 is 4.72 Å². The van der Waals surface area contributed by atoms with Crippen LogP contribution >= 0.6 is 11.8 Å². The van der Waals surface area contributed by atoms with Crippen molar-refractivity contribution in [3.05, 3.63) is 18.2 Å². The molecule has 8 nitrogen and oxygen atoms in total. The summed E-state index contributed by atoms with van der Waals surface area (Å²) in [7, 11) is -6.72. The van der Waals surface area contributed by atoms with E-state index in [1.54, 1.807) is 23.9 Å². The van der Waals surface area contributed by atoms with Crippen LogP contribution in [0.2, 0.25) is 0 Å². The maximum absolute atomic E-state index is 12.9. The van der Waals surface area contributed by atoms with Crippen molar-refractivity contribution in [2.75, 3.05) is 31.6 Å². The van der Waals surface area contributed by atoms with E-state index in [9.17, 15) is 16.8 Å². The molecule has 30 heavy (non-hydrogen) atoms. The Morgan fingerprint density at radius 1 is 1.10 bits per heavy atom. The molecule has 0 saturated carbocycles. The van der Waals surface area contributed by atoms with E-state index >= 15 is 0 Å². The van der Waals surface area contributed by atoms with Crippen LogP contribution in [0.3, 0.4) is 0 Å². The van der Waals surface area contributed by atoms with Gasteiger partial charge in [-0.3, -0.25) is 0 Å². The Hall–Kier alpha value is -1.14. The van der Waals surface area contributed by atoms with Crippen LogP contribution in [0.15, 0.2) is 28.3 Å². The zero-order valence-corrected chi connectivity index (χ0v) is 20.5. The third-order valence-corrected chi connectivity index (χ3v) is 8.52. The third kappa shape index (κ3) is 6.43. The number of hydrogen-bond donors (Lipinski definition) is 1. The topological polar surface area (TPSA) is 101 Å². The van der Waals surface area contributed by atoms with Gasteiger partial charge in [-0.05, 0) is 31.0 Å². The fourth-order valence-corrected chi connectivity index (χ4v) is 6.07. The van der Waals surface area contributed by atoms with Gasteiger partial charge in [-0.2, -0.15) is 4.31 Å². The molecular weight excluding hydrogens is 444 g/mol. The van der Waals surface area contributed by atoms with Crippen LogP contribution in [0.5, 0.6) is 0 Å². The summed E-state index contributed by atoms with van der Waals surface area (Å²) in [4.78, 5) is 4.96. The van der Waals surface area contributed by atoms with Gasteiger partial charge in [0.15, 0.2) is 5.16 Å². The summed E-state index contributed by atoms with van der Waals surface area (Å²) in [5, 5.41) is 0.829. The van der Waals surface area contributed by atoms with E-state index in [2.05, 4.69) is 16.2 Å². The van der Waals surface area contributed by atoms with E-state index in [-0.39, 0.29) is 4.90 Å². The Morgan fingerprint density at radius 2 is 1.80 bits per heavy atom. The van der Waals surface area contributed by atoms with Crippen molar-refractivity contribution >= 4 is 42.8 Å². The smallest absolute Gasteiger partial charge is 0.243 e. The van der Waals surface area contributed by atoms with Gasteiger partial charge in [-0.15, -0.1) is 0 Å². The Bertz CT molecular complexity index is 1050. The number of imidazole rings is 1. The third-order valence-electron chi connectivity index (χ3n) is 4.68. The van der Waals surface area contributed by atoms with E-state index < -0.39 is 20.0 Å². The van der Waals surface area contributed by atoms with E-state index in [1.165, 1.54) is 4.31 Å². The molecule has 0 atom stereocenters. The van der Waals surface area contributed by atoms with Crippen molar-refractivity contribution in [1.29, 1.82) is 0 Å². The standard InChI is InChI=1S/C19H32N4O4S3/c1-5-8-13-23-18-11-10-16(30(26,27)22(6-2)7-3)15-17(18)21-19(23)28-14-9-12-20-29(4,24)25/h10-11,15,20H,5-9,12-14H2,1-4H3. The number of hydrogen-bond acceptors (Lipinski definition) is 6. The highest BCUT2D eigenvalue weighted by atomic mass is 32.2. The molecule has 1 aromatic heterocycles. The van der Waals surface area contributed by atoms with Gasteiger partial charge in [0.05, 0.1) is 22.2 Å². The van der Waals surface area contributed by atoms with Crippen LogP contribution in [-0.2, 0) is 26.6 Å². The number of nitrogens with zero attached hydrogens (tertiary/aromatic N) is 3. The molecule has 0 aliphatic carbocycles. The average molecular weight is 477 g/mol. The molecule has 0 saturated heterocycles. The second-order valence-corrected chi connectivity index (χ2v) is 11.8. The Balaban J connectivity index is 2.28. The normalized spacial score (nSPS) is 12.8. The van der Waals surface area contributed by atoms with Gasteiger partial charge in [-0.25, -0.2) is 26.5 Å². The number of rotatable bonds is 13. The number of thioether (sulfide) groups is 1. The maximum atomic E-state index is 12.9. The first-order valence-electron chi connectivity index (χ1n) is 10.2. The van der Waals surface area contributed by atoms with Crippen LogP contribution in [-0.4, -0.2) is 62.3 Å². The lowest BCUT2D eigenvalue weighted by Crippen LogP contribution is -2.30. The summed E-state index contributed by atoms with van der Waals surface area (Å²) >= 11 is 1.56. The zero-order valence-electron chi connectivity index (χ0n) is 18.1. The molecule has 0 aliphatic rings. The minimum Gasteiger partial charge on any atom is -0.319 e. The van der Waals surface area contributed by atoms with Gasteiger partial charge in [0.25, 0.3) is 0 Å². The Kier molecular flexibility index (Phi) is 9.16. The number of sulfonamides is 2. The van der Waals surface area contributed by atoms with Crippen molar-refractivity contribution in [2.24, 2.45) is 0 Å². The molecule has 1 heterocycles. The monoisotopic (exact) mass is 476 g/mol. The minimum atomic E-state index is -3.54. The zero-order chi connectivity index (χ0) is 22.4. The molecule has 2 aromatic rings. The molecule has 1 aromatic carbocycles. The molecule has 170 valence electrons. The molecule has 0 bridgehead atoms. The van der Waals surface area contributed by atoms with Gasteiger partial charge in [0.1, 0.15) is 0 Å². The fourth-order valence-electron chi connectivity index (χ4n) is 3.10. The minimum absolute atomic E-state index is 0.257. The summed E-state index contributed by atoms with van der Waals surface area (Å²) in [6, 6.07) is 5.15. The number of aromatic nitrogens is 2.